The highest BCUT2D eigenvalue weighted by molar-refractivity contribution is 8.14. The summed E-state index contributed by atoms with van der Waals surface area (Å²) in [5.41, 5.74) is 7.65. The highest BCUT2D eigenvalue weighted by Crippen LogP contribution is 2.35. The van der Waals surface area contributed by atoms with Gasteiger partial charge in [-0.2, -0.15) is 21.0 Å². The molecular weight excluding hydrogens is 777 g/mol. The van der Waals surface area contributed by atoms with Crippen LogP contribution in [-0.2, 0) is 27.1 Å². The number of aldehydes is 1. The Hall–Kier alpha value is -4.09. The molecule has 4 aromatic rings. The first-order valence-electron chi connectivity index (χ1n) is 19.7. The van der Waals surface area contributed by atoms with Crippen molar-refractivity contribution in [1.82, 2.24) is 0 Å². The standard InChI is InChI=1S/C25H34O3S.C20H24O2S.C4H8O.CH4O/c1-8-20(4)28-25(27-6)19(3)17-29(7)24-14-9-18(2)15-22(24)16-21-10-12-23(26-5)13-11-21;1-15-5-10-20(23(4)14-16(2)13-21)18(11-15)12-17-6-8-19(22-3)9-7-17;1-3-4(2)5;1-2/h8-15,19-20,25H,1,7,16-17H2,2-6H3;5-11,13,16H,4,12,14H2,1-3H3;3-5H,1H2,2H3;2H,1H3. The summed E-state index contributed by atoms with van der Waals surface area (Å²) < 4.78 is 22.0. The van der Waals surface area contributed by atoms with Crippen molar-refractivity contribution in [3.05, 3.63) is 144 Å². The molecule has 7 unspecified atom stereocenters. The fourth-order valence-electron chi connectivity index (χ4n) is 5.80. The number of rotatable bonds is 19. The largest absolute Gasteiger partial charge is 0.497 e. The summed E-state index contributed by atoms with van der Waals surface area (Å²) in [6.07, 6.45) is 5.36. The van der Waals surface area contributed by atoms with E-state index in [4.69, 9.17) is 29.2 Å². The second-order valence-electron chi connectivity index (χ2n) is 14.3. The second kappa shape index (κ2) is 29.2. The van der Waals surface area contributed by atoms with Gasteiger partial charge in [0.25, 0.3) is 0 Å². The van der Waals surface area contributed by atoms with E-state index < -0.39 is 0 Å². The van der Waals surface area contributed by atoms with Gasteiger partial charge in [0.2, 0.25) is 0 Å². The molecule has 0 saturated heterocycles. The van der Waals surface area contributed by atoms with Gasteiger partial charge in [-0.25, -0.2) is 0 Å². The Bertz CT molecular complexity index is 1870. The summed E-state index contributed by atoms with van der Waals surface area (Å²) in [5.74, 6) is 12.5. The number of carbonyl (C=O) groups excluding carboxylic acids is 1. The zero-order chi connectivity index (χ0) is 44.5. The Morgan fingerprint density at radius 1 is 0.661 bits per heavy atom. The maximum Gasteiger partial charge on any atom is 0.161 e. The van der Waals surface area contributed by atoms with Crippen LogP contribution in [0.5, 0.6) is 11.5 Å². The van der Waals surface area contributed by atoms with Crippen LogP contribution in [0.2, 0.25) is 0 Å². The number of benzene rings is 4. The van der Waals surface area contributed by atoms with Gasteiger partial charge in [-0.3, -0.25) is 0 Å². The molecule has 0 bridgehead atoms. The van der Waals surface area contributed by atoms with Gasteiger partial charge in [-0.15, -0.1) is 13.2 Å². The number of ether oxygens (including phenoxy) is 4. The van der Waals surface area contributed by atoms with Crippen LogP contribution < -0.4 is 9.47 Å². The fraction of sp³-hybridized carbons (Fsp3) is 0.380. The van der Waals surface area contributed by atoms with Crippen LogP contribution in [-0.4, -0.2) is 86.7 Å². The molecule has 7 atom stereocenters. The maximum atomic E-state index is 10.9. The summed E-state index contributed by atoms with van der Waals surface area (Å²) in [5, 5.41) is 15.2. The van der Waals surface area contributed by atoms with Crippen molar-refractivity contribution in [1.29, 1.82) is 0 Å². The minimum atomic E-state index is -0.352. The highest BCUT2D eigenvalue weighted by Gasteiger charge is 2.21. The van der Waals surface area contributed by atoms with Gasteiger partial charge in [0.1, 0.15) is 17.8 Å². The molecule has 9 heteroatoms. The maximum absolute atomic E-state index is 10.9. The minimum Gasteiger partial charge on any atom is -0.497 e. The molecule has 0 spiro atoms. The van der Waals surface area contributed by atoms with E-state index >= 15 is 0 Å². The molecule has 0 saturated carbocycles. The molecule has 4 rings (SSSR count). The van der Waals surface area contributed by atoms with E-state index in [1.165, 1.54) is 49.2 Å². The molecular formula is C50H70O7S2. The average molecular weight is 847 g/mol. The quantitative estimate of drug-likeness (QED) is 0.0420. The Morgan fingerprint density at radius 3 is 1.41 bits per heavy atom. The van der Waals surface area contributed by atoms with Gasteiger partial charge in [-0.1, -0.05) is 97.4 Å². The van der Waals surface area contributed by atoms with Crippen molar-refractivity contribution in [2.75, 3.05) is 39.9 Å². The molecule has 324 valence electrons. The lowest BCUT2D eigenvalue weighted by Gasteiger charge is -2.26. The van der Waals surface area contributed by atoms with E-state index in [0.717, 1.165) is 49.2 Å². The normalized spacial score (nSPS) is 14.0. The van der Waals surface area contributed by atoms with E-state index in [1.807, 2.05) is 38.1 Å². The van der Waals surface area contributed by atoms with Crippen LogP contribution in [0, 0.1) is 25.7 Å². The van der Waals surface area contributed by atoms with Crippen LogP contribution in [0.4, 0.5) is 0 Å². The van der Waals surface area contributed by atoms with Gasteiger partial charge in [-0.05, 0) is 105 Å². The first-order chi connectivity index (χ1) is 28.2. The van der Waals surface area contributed by atoms with E-state index in [-0.39, 0.29) is 51.3 Å². The Morgan fingerprint density at radius 2 is 1.07 bits per heavy atom. The van der Waals surface area contributed by atoms with Crippen LogP contribution in [0.15, 0.2) is 120 Å². The second-order valence-corrected chi connectivity index (χ2v) is 17.9. The van der Waals surface area contributed by atoms with Gasteiger partial charge in [0.05, 0.1) is 26.4 Å². The Kier molecular flexibility index (Phi) is 26.2. The average Bonchev–Trinajstić information content (AvgIpc) is 3.24. The highest BCUT2D eigenvalue weighted by atomic mass is 32.2. The van der Waals surface area contributed by atoms with Gasteiger partial charge in [0.15, 0.2) is 6.29 Å². The first kappa shape index (κ1) is 52.9. The molecule has 59 heavy (non-hydrogen) atoms. The fourth-order valence-corrected chi connectivity index (χ4v) is 9.19. The lowest BCUT2D eigenvalue weighted by molar-refractivity contribution is -0.161. The number of hydrogen-bond acceptors (Lipinski definition) is 7. The van der Waals surface area contributed by atoms with Gasteiger partial charge in [0, 0.05) is 41.6 Å². The molecule has 0 fully saturated rings. The smallest absolute Gasteiger partial charge is 0.161 e. The van der Waals surface area contributed by atoms with Crippen molar-refractivity contribution in [2.45, 2.75) is 82.7 Å². The first-order valence-corrected chi connectivity index (χ1v) is 22.8. The molecule has 0 amide bonds. The zero-order valence-corrected chi connectivity index (χ0v) is 38.7. The lowest BCUT2D eigenvalue weighted by atomic mass is 10.0. The third-order valence-electron chi connectivity index (χ3n) is 9.04. The van der Waals surface area contributed by atoms with E-state index in [2.05, 4.69) is 106 Å². The van der Waals surface area contributed by atoms with E-state index in [9.17, 15) is 4.79 Å². The monoisotopic (exact) mass is 846 g/mol. The van der Waals surface area contributed by atoms with Crippen molar-refractivity contribution in [2.24, 2.45) is 11.8 Å². The van der Waals surface area contributed by atoms with Gasteiger partial charge >= 0.3 is 0 Å². The molecule has 0 aromatic heterocycles. The molecule has 0 radical (unpaired) electrons. The van der Waals surface area contributed by atoms with Crippen molar-refractivity contribution in [3.8, 4) is 11.5 Å². The Labute approximate surface area is 361 Å². The van der Waals surface area contributed by atoms with Crippen LogP contribution in [0.1, 0.15) is 61.1 Å². The Balaban J connectivity index is 0.000000519. The third-order valence-corrected chi connectivity index (χ3v) is 12.9. The SMILES string of the molecule is C=CC(C)O.C=CC(C)OC(OC)C(C)CS(=C)c1ccc(C)cc1Cc1ccc(OC)cc1.C=S(CC(C)C=O)c1ccc(C)cc1Cc1ccc(OC)cc1.CO. The predicted molar refractivity (Wildman–Crippen MR) is 256 cm³/mol. The molecule has 0 heterocycles. The van der Waals surface area contributed by atoms with Gasteiger partial charge < -0.3 is 34.0 Å². The van der Waals surface area contributed by atoms with Crippen molar-refractivity contribution >= 4 is 39.0 Å². The zero-order valence-electron chi connectivity index (χ0n) is 37.1. The number of carbonyl (C=O) groups is 1. The molecule has 0 aliphatic carbocycles. The third kappa shape index (κ3) is 19.7. The van der Waals surface area contributed by atoms with Crippen LogP contribution in [0.3, 0.4) is 0 Å². The topological polar surface area (TPSA) is 94.5 Å². The summed E-state index contributed by atoms with van der Waals surface area (Å²) >= 11 is 0. The number of aliphatic hydroxyl groups is 2. The minimum absolute atomic E-state index is 0.0426. The lowest BCUT2D eigenvalue weighted by Crippen LogP contribution is -2.29. The van der Waals surface area contributed by atoms with E-state index in [0.29, 0.717) is 0 Å². The summed E-state index contributed by atoms with van der Waals surface area (Å²) in [6.45, 7) is 19.1. The predicted octanol–water partition coefficient (Wildman–Crippen LogP) is 10.5. The summed E-state index contributed by atoms with van der Waals surface area (Å²) in [7, 11) is 5.73. The molecule has 0 aliphatic heterocycles. The molecule has 2 N–H and O–H groups in total. The van der Waals surface area contributed by atoms with Crippen LogP contribution >= 0.6 is 21.0 Å². The number of methoxy groups -OCH3 is 3. The molecule has 7 nitrogen and oxygen atoms in total. The summed E-state index contributed by atoms with van der Waals surface area (Å²) in [6, 6.07) is 29.7. The number of aryl methyl sites for hydroxylation is 2. The number of hydrogen-bond donors (Lipinski definition) is 2. The van der Waals surface area contributed by atoms with Crippen molar-refractivity contribution < 1.29 is 34.0 Å². The number of aliphatic hydroxyl groups excluding tert-OH is 2. The molecule has 0 aliphatic rings. The van der Waals surface area contributed by atoms with Crippen LogP contribution in [0.25, 0.3) is 0 Å². The van der Waals surface area contributed by atoms with Crippen molar-refractivity contribution in [3.63, 3.8) is 0 Å². The summed E-state index contributed by atoms with van der Waals surface area (Å²) in [4.78, 5) is 13.5. The molecule has 4 aromatic carbocycles. The van der Waals surface area contributed by atoms with E-state index in [1.54, 1.807) is 34.3 Å².